The van der Waals surface area contributed by atoms with Crippen LogP contribution in [-0.2, 0) is 0 Å². The molecule has 0 bridgehead atoms. The zero-order valence-corrected chi connectivity index (χ0v) is 28.3. The zero-order chi connectivity index (χ0) is 30.3. The number of nitrogens with one attached hydrogen (secondary N) is 4. The molecule has 0 spiro atoms. The number of unbranched alkanes of at least 4 members (excludes halogenated alkanes) is 2. The smallest absolute Gasteiger partial charge is 0.231 e. The summed E-state index contributed by atoms with van der Waals surface area (Å²) in [5, 5.41) is 14.8. The summed E-state index contributed by atoms with van der Waals surface area (Å²) in [6.07, 6.45) is 11.6. The van der Waals surface area contributed by atoms with Crippen molar-refractivity contribution in [3.63, 3.8) is 0 Å². The van der Waals surface area contributed by atoms with Gasteiger partial charge < -0.3 is 26.2 Å². The van der Waals surface area contributed by atoms with E-state index < -0.39 is 0 Å². The highest BCUT2D eigenvalue weighted by molar-refractivity contribution is 5.44. The van der Waals surface area contributed by atoms with Crippen LogP contribution in [0.15, 0.2) is 0 Å². The van der Waals surface area contributed by atoms with E-state index in [0.29, 0.717) is 23.7 Å². The first kappa shape index (κ1) is 33.8. The number of piperidine rings is 2. The molecule has 2 saturated heterocycles. The maximum absolute atomic E-state index is 4.95. The van der Waals surface area contributed by atoms with Crippen LogP contribution in [-0.4, -0.2) is 63.3 Å². The van der Waals surface area contributed by atoms with Gasteiger partial charge in [0, 0.05) is 48.3 Å². The molecule has 2 fully saturated rings. The number of hydrogen-bond acceptors (Lipinski definition) is 8. The molecular weight excluding hydrogens is 508 g/mol. The lowest BCUT2D eigenvalue weighted by molar-refractivity contribution is 0.125. The van der Waals surface area contributed by atoms with Crippen molar-refractivity contribution in [2.24, 2.45) is 11.8 Å². The van der Waals surface area contributed by atoms with Gasteiger partial charge in [0.25, 0.3) is 0 Å². The Morgan fingerprint density at radius 2 is 1.00 bits per heavy atom. The first-order valence-electron chi connectivity index (χ1n) is 16.7. The van der Waals surface area contributed by atoms with Crippen LogP contribution in [0.3, 0.4) is 0 Å². The Morgan fingerprint density at radius 1 is 0.634 bits per heavy atom. The zero-order valence-electron chi connectivity index (χ0n) is 28.3. The normalized spacial score (nSPS) is 21.9. The Morgan fingerprint density at radius 3 is 1.34 bits per heavy atom. The van der Waals surface area contributed by atoms with Crippen molar-refractivity contribution in [3.05, 3.63) is 0 Å². The number of aromatic nitrogens is 3. The molecular formula is C33H64N8. The van der Waals surface area contributed by atoms with Gasteiger partial charge in [0.2, 0.25) is 17.8 Å². The molecule has 0 aliphatic carbocycles. The van der Waals surface area contributed by atoms with E-state index in [-0.39, 0.29) is 22.2 Å². The molecule has 0 amide bonds. The molecule has 4 N–H and O–H groups in total. The molecule has 8 nitrogen and oxygen atoms in total. The van der Waals surface area contributed by atoms with Crippen LogP contribution >= 0.6 is 0 Å². The predicted octanol–water partition coefficient (Wildman–Crippen LogP) is 7.00. The molecule has 3 heterocycles. The maximum Gasteiger partial charge on any atom is 0.231 e. The van der Waals surface area contributed by atoms with Gasteiger partial charge >= 0.3 is 0 Å². The van der Waals surface area contributed by atoms with Crippen molar-refractivity contribution in [1.29, 1.82) is 0 Å². The third kappa shape index (κ3) is 11.5. The van der Waals surface area contributed by atoms with Gasteiger partial charge in [-0.2, -0.15) is 15.0 Å². The molecule has 8 heteroatoms. The van der Waals surface area contributed by atoms with Gasteiger partial charge in [0.05, 0.1) is 0 Å². The Balaban J connectivity index is 1.70. The third-order valence-electron chi connectivity index (χ3n) is 8.69. The second-order valence-corrected chi connectivity index (χ2v) is 15.7. The van der Waals surface area contributed by atoms with Gasteiger partial charge in [0.15, 0.2) is 0 Å². The molecule has 1 aromatic rings. The molecule has 3 rings (SSSR count). The van der Waals surface area contributed by atoms with Crippen LogP contribution in [0, 0.1) is 11.8 Å². The van der Waals surface area contributed by atoms with Gasteiger partial charge in [-0.3, -0.25) is 0 Å². The summed E-state index contributed by atoms with van der Waals surface area (Å²) in [6, 6.07) is 0. The van der Waals surface area contributed by atoms with Crippen molar-refractivity contribution >= 4 is 17.8 Å². The van der Waals surface area contributed by atoms with Gasteiger partial charge in [-0.1, -0.05) is 26.7 Å². The quantitative estimate of drug-likeness (QED) is 0.179. The molecule has 0 atom stereocenters. The fraction of sp³-hybridized carbons (Fsp3) is 0.909. The molecule has 236 valence electrons. The van der Waals surface area contributed by atoms with Gasteiger partial charge in [-0.05, 0) is 119 Å². The summed E-state index contributed by atoms with van der Waals surface area (Å²) >= 11 is 0. The molecule has 0 saturated carbocycles. The Bertz CT molecular complexity index is 839. The van der Waals surface area contributed by atoms with Crippen LogP contribution in [0.4, 0.5) is 17.8 Å². The summed E-state index contributed by atoms with van der Waals surface area (Å²) < 4.78 is 0. The highest BCUT2D eigenvalue weighted by Crippen LogP contribution is 2.35. The third-order valence-corrected chi connectivity index (χ3v) is 8.69. The lowest BCUT2D eigenvalue weighted by atomic mass is 9.75. The minimum Gasteiger partial charge on any atom is -0.354 e. The van der Waals surface area contributed by atoms with Crippen molar-refractivity contribution in [3.8, 4) is 0 Å². The molecule has 0 radical (unpaired) electrons. The van der Waals surface area contributed by atoms with E-state index in [0.717, 1.165) is 70.7 Å². The highest BCUT2D eigenvalue weighted by Gasteiger charge is 2.38. The largest absolute Gasteiger partial charge is 0.354 e. The molecule has 41 heavy (non-hydrogen) atoms. The maximum atomic E-state index is 4.95. The summed E-state index contributed by atoms with van der Waals surface area (Å²) in [5.74, 6) is 3.56. The Kier molecular flexibility index (Phi) is 11.7. The average Bonchev–Trinajstić information content (AvgIpc) is 2.80. The summed E-state index contributed by atoms with van der Waals surface area (Å²) in [7, 11) is 0. The monoisotopic (exact) mass is 573 g/mol. The summed E-state index contributed by atoms with van der Waals surface area (Å²) in [4.78, 5) is 17.1. The van der Waals surface area contributed by atoms with Gasteiger partial charge in [-0.15, -0.1) is 0 Å². The fourth-order valence-corrected chi connectivity index (χ4v) is 7.93. The lowest BCUT2D eigenvalue weighted by Crippen LogP contribution is -2.57. The second-order valence-electron chi connectivity index (χ2n) is 15.7. The van der Waals surface area contributed by atoms with Crippen LogP contribution in [0.25, 0.3) is 0 Å². The van der Waals surface area contributed by atoms with E-state index in [1.165, 1.54) is 25.7 Å². The van der Waals surface area contributed by atoms with Gasteiger partial charge in [-0.25, -0.2) is 0 Å². The van der Waals surface area contributed by atoms with E-state index in [1.807, 2.05) is 0 Å². The summed E-state index contributed by atoms with van der Waals surface area (Å²) in [5.41, 5.74) is 0.674. The number of anilines is 3. The lowest BCUT2D eigenvalue weighted by Gasteiger charge is -2.46. The van der Waals surface area contributed by atoms with E-state index >= 15 is 0 Å². The fourth-order valence-electron chi connectivity index (χ4n) is 7.93. The van der Waals surface area contributed by atoms with Crippen LogP contribution in [0.1, 0.15) is 133 Å². The van der Waals surface area contributed by atoms with E-state index in [1.54, 1.807) is 0 Å². The number of rotatable bonds is 15. The minimum atomic E-state index is 0.168. The number of hydrogen-bond donors (Lipinski definition) is 4. The molecule has 1 aromatic heterocycles. The van der Waals surface area contributed by atoms with E-state index in [4.69, 9.17) is 15.0 Å². The van der Waals surface area contributed by atoms with Crippen molar-refractivity contribution in [1.82, 2.24) is 25.6 Å². The minimum absolute atomic E-state index is 0.168. The standard InChI is InChI=1S/C33H64N8/c1-11-13-19-41(20-14-12-2)29-37-27(34-17-15-25-21-30(3,4)39-31(5,6)22-25)36-28(38-29)35-18-16-26-23-32(7,8)40-33(9,10)24-26/h25-26,39-40H,11-24H2,1-10H3,(H2,34,35,36,37,38). The van der Waals surface area contributed by atoms with Crippen molar-refractivity contribution in [2.45, 2.75) is 156 Å². The predicted molar refractivity (Wildman–Crippen MR) is 176 cm³/mol. The Hall–Kier alpha value is -1.67. The SMILES string of the molecule is CCCCN(CCCC)c1nc(NCCC2CC(C)(C)NC(C)(C)C2)nc(NCCC2CC(C)(C)NC(C)(C)C2)n1. The molecule has 2 aliphatic heterocycles. The number of nitrogens with zero attached hydrogens (tertiary/aromatic N) is 4. The highest BCUT2D eigenvalue weighted by atomic mass is 15.3. The average molecular weight is 573 g/mol. The van der Waals surface area contributed by atoms with Crippen molar-refractivity contribution in [2.75, 3.05) is 41.7 Å². The Labute approximate surface area is 252 Å². The topological polar surface area (TPSA) is 90.0 Å². The first-order chi connectivity index (χ1) is 19.1. The molecule has 0 unspecified atom stereocenters. The van der Waals surface area contributed by atoms with Crippen molar-refractivity contribution < 1.29 is 0 Å². The molecule has 0 aromatic carbocycles. The second kappa shape index (κ2) is 14.2. The molecule has 2 aliphatic rings. The summed E-state index contributed by atoms with van der Waals surface area (Å²) in [6.45, 7) is 26.9. The van der Waals surface area contributed by atoms with E-state index in [9.17, 15) is 0 Å². The van der Waals surface area contributed by atoms with Crippen LogP contribution in [0.5, 0.6) is 0 Å². The first-order valence-corrected chi connectivity index (χ1v) is 16.7. The van der Waals surface area contributed by atoms with E-state index in [2.05, 4.69) is 95.4 Å². The van der Waals surface area contributed by atoms with Gasteiger partial charge in [0.1, 0.15) is 0 Å². The van der Waals surface area contributed by atoms with Crippen LogP contribution < -0.4 is 26.2 Å². The van der Waals surface area contributed by atoms with Crippen LogP contribution in [0.2, 0.25) is 0 Å².